The SMILES string of the molecule is CCOC(=O)c1cc(N)ccc1NC1CC1. The first kappa shape index (κ1) is 10.8. The van der Waals surface area contributed by atoms with Crippen LogP contribution in [0.3, 0.4) is 0 Å². The molecule has 1 aromatic rings. The Morgan fingerprint density at radius 2 is 2.31 bits per heavy atom. The second-order valence-electron chi connectivity index (χ2n) is 3.94. The van der Waals surface area contributed by atoms with Gasteiger partial charge in [-0.2, -0.15) is 0 Å². The second-order valence-corrected chi connectivity index (χ2v) is 3.94. The highest BCUT2D eigenvalue weighted by Crippen LogP contribution is 2.28. The Balaban J connectivity index is 2.23. The number of ether oxygens (including phenoxy) is 1. The molecule has 0 amide bonds. The Bertz CT molecular complexity index is 400. The third kappa shape index (κ3) is 2.45. The molecule has 0 heterocycles. The fourth-order valence-electron chi connectivity index (χ4n) is 1.51. The van der Waals surface area contributed by atoms with Crippen molar-refractivity contribution in [1.82, 2.24) is 0 Å². The van der Waals surface area contributed by atoms with Gasteiger partial charge in [0.05, 0.1) is 12.2 Å². The number of anilines is 2. The monoisotopic (exact) mass is 220 g/mol. The third-order valence-corrected chi connectivity index (χ3v) is 2.48. The van der Waals surface area contributed by atoms with Crippen LogP contribution in [0, 0.1) is 0 Å². The van der Waals surface area contributed by atoms with Gasteiger partial charge in [-0.3, -0.25) is 0 Å². The summed E-state index contributed by atoms with van der Waals surface area (Å²) in [5.41, 5.74) is 7.58. The average molecular weight is 220 g/mol. The van der Waals surface area contributed by atoms with Crippen molar-refractivity contribution in [2.24, 2.45) is 0 Å². The molecule has 0 atom stereocenters. The zero-order chi connectivity index (χ0) is 11.5. The molecule has 86 valence electrons. The molecule has 0 bridgehead atoms. The van der Waals surface area contributed by atoms with Gasteiger partial charge >= 0.3 is 5.97 Å². The highest BCUT2D eigenvalue weighted by Gasteiger charge is 2.23. The lowest BCUT2D eigenvalue weighted by Crippen LogP contribution is -2.11. The smallest absolute Gasteiger partial charge is 0.340 e. The minimum atomic E-state index is -0.321. The molecule has 1 fully saturated rings. The van der Waals surface area contributed by atoms with E-state index in [4.69, 9.17) is 10.5 Å². The number of hydrogen-bond donors (Lipinski definition) is 2. The van der Waals surface area contributed by atoms with E-state index in [1.807, 2.05) is 6.07 Å². The lowest BCUT2D eigenvalue weighted by molar-refractivity contribution is 0.0527. The minimum absolute atomic E-state index is 0.321. The largest absolute Gasteiger partial charge is 0.462 e. The van der Waals surface area contributed by atoms with E-state index in [1.165, 1.54) is 0 Å². The number of carbonyl (C=O) groups is 1. The molecule has 0 saturated heterocycles. The van der Waals surface area contributed by atoms with Crippen LogP contribution in [0.15, 0.2) is 18.2 Å². The number of hydrogen-bond acceptors (Lipinski definition) is 4. The number of nitrogens with two attached hydrogens (primary N) is 1. The van der Waals surface area contributed by atoms with Crippen molar-refractivity contribution in [1.29, 1.82) is 0 Å². The van der Waals surface area contributed by atoms with Crippen LogP contribution >= 0.6 is 0 Å². The number of rotatable bonds is 4. The molecular formula is C12H16N2O2. The van der Waals surface area contributed by atoms with Crippen molar-refractivity contribution in [2.45, 2.75) is 25.8 Å². The Hall–Kier alpha value is -1.71. The summed E-state index contributed by atoms with van der Waals surface area (Å²) in [7, 11) is 0. The Morgan fingerprint density at radius 3 is 2.94 bits per heavy atom. The summed E-state index contributed by atoms with van der Waals surface area (Å²) in [4.78, 5) is 11.7. The predicted octanol–water partition coefficient (Wildman–Crippen LogP) is 2.02. The van der Waals surface area contributed by atoms with Crippen LogP contribution in [0.2, 0.25) is 0 Å². The van der Waals surface area contributed by atoms with Gasteiger partial charge in [0.2, 0.25) is 0 Å². The van der Waals surface area contributed by atoms with Crippen LogP contribution in [0.1, 0.15) is 30.1 Å². The fraction of sp³-hybridized carbons (Fsp3) is 0.417. The zero-order valence-corrected chi connectivity index (χ0v) is 9.32. The van der Waals surface area contributed by atoms with Crippen molar-refractivity contribution in [3.8, 4) is 0 Å². The molecule has 2 rings (SSSR count). The van der Waals surface area contributed by atoms with Crippen LogP contribution in [0.5, 0.6) is 0 Å². The molecule has 4 heteroatoms. The molecule has 3 N–H and O–H groups in total. The molecule has 4 nitrogen and oxygen atoms in total. The van der Waals surface area contributed by atoms with Crippen molar-refractivity contribution in [2.75, 3.05) is 17.7 Å². The van der Waals surface area contributed by atoms with Crippen molar-refractivity contribution >= 4 is 17.3 Å². The topological polar surface area (TPSA) is 64.3 Å². The van der Waals surface area contributed by atoms with Crippen LogP contribution in [0.4, 0.5) is 11.4 Å². The maximum atomic E-state index is 11.7. The van der Waals surface area contributed by atoms with Gasteiger partial charge in [-0.05, 0) is 38.0 Å². The first-order valence-electron chi connectivity index (χ1n) is 5.54. The van der Waals surface area contributed by atoms with Gasteiger partial charge in [-0.1, -0.05) is 0 Å². The third-order valence-electron chi connectivity index (χ3n) is 2.48. The summed E-state index contributed by atoms with van der Waals surface area (Å²) in [6.07, 6.45) is 2.32. The first-order valence-corrected chi connectivity index (χ1v) is 5.54. The lowest BCUT2D eigenvalue weighted by atomic mass is 10.1. The van der Waals surface area contributed by atoms with Crippen molar-refractivity contribution < 1.29 is 9.53 Å². The van der Waals surface area contributed by atoms with Crippen LogP contribution in [-0.2, 0) is 4.74 Å². The highest BCUT2D eigenvalue weighted by molar-refractivity contribution is 5.96. The van der Waals surface area contributed by atoms with Gasteiger partial charge in [0, 0.05) is 17.4 Å². The fourth-order valence-corrected chi connectivity index (χ4v) is 1.51. The predicted molar refractivity (Wildman–Crippen MR) is 63.5 cm³/mol. The number of esters is 1. The van der Waals surface area contributed by atoms with Gasteiger partial charge in [0.25, 0.3) is 0 Å². The number of carbonyl (C=O) groups excluding carboxylic acids is 1. The molecule has 1 aliphatic carbocycles. The molecule has 0 aliphatic heterocycles. The summed E-state index contributed by atoms with van der Waals surface area (Å²) < 4.78 is 4.99. The van der Waals surface area contributed by atoms with E-state index < -0.39 is 0 Å². The molecule has 0 unspecified atom stereocenters. The van der Waals surface area contributed by atoms with Gasteiger partial charge in [0.1, 0.15) is 0 Å². The van der Waals surface area contributed by atoms with Crippen LogP contribution < -0.4 is 11.1 Å². The Kier molecular flexibility index (Phi) is 2.99. The van der Waals surface area contributed by atoms with Crippen molar-refractivity contribution in [3.05, 3.63) is 23.8 Å². The molecule has 0 radical (unpaired) electrons. The standard InChI is InChI=1S/C12H16N2O2/c1-2-16-12(15)10-7-8(13)3-6-11(10)14-9-4-5-9/h3,6-7,9,14H,2,4-5,13H2,1H3. The Labute approximate surface area is 94.8 Å². The quantitative estimate of drug-likeness (QED) is 0.602. The zero-order valence-electron chi connectivity index (χ0n) is 9.32. The highest BCUT2D eigenvalue weighted by atomic mass is 16.5. The van der Waals surface area contributed by atoms with E-state index in [1.54, 1.807) is 19.1 Å². The van der Waals surface area contributed by atoms with E-state index in [-0.39, 0.29) is 5.97 Å². The van der Waals surface area contributed by atoms with Crippen molar-refractivity contribution in [3.63, 3.8) is 0 Å². The molecule has 0 spiro atoms. The van der Waals surface area contributed by atoms with Gasteiger partial charge < -0.3 is 15.8 Å². The summed E-state index contributed by atoms with van der Waals surface area (Å²) in [5, 5.41) is 3.29. The number of nitrogen functional groups attached to an aromatic ring is 1. The second kappa shape index (κ2) is 4.43. The molecule has 1 saturated carbocycles. The van der Waals surface area contributed by atoms with E-state index in [0.29, 0.717) is 23.9 Å². The summed E-state index contributed by atoms with van der Waals surface area (Å²) >= 11 is 0. The van der Waals surface area contributed by atoms with Crippen LogP contribution in [0.25, 0.3) is 0 Å². The van der Waals surface area contributed by atoms with E-state index in [2.05, 4.69) is 5.32 Å². The lowest BCUT2D eigenvalue weighted by Gasteiger charge is -2.11. The maximum Gasteiger partial charge on any atom is 0.340 e. The maximum absolute atomic E-state index is 11.7. The number of nitrogens with one attached hydrogen (secondary N) is 1. The van der Waals surface area contributed by atoms with Crippen LogP contribution in [-0.4, -0.2) is 18.6 Å². The molecule has 0 aromatic heterocycles. The van der Waals surface area contributed by atoms with Gasteiger partial charge in [-0.15, -0.1) is 0 Å². The molecular weight excluding hydrogens is 204 g/mol. The van der Waals surface area contributed by atoms with Gasteiger partial charge in [0.15, 0.2) is 0 Å². The summed E-state index contributed by atoms with van der Waals surface area (Å²) in [6, 6.07) is 5.77. The molecule has 16 heavy (non-hydrogen) atoms. The average Bonchev–Trinajstić information content (AvgIpc) is 3.05. The minimum Gasteiger partial charge on any atom is -0.462 e. The summed E-state index contributed by atoms with van der Waals surface area (Å²) in [5.74, 6) is -0.321. The van der Waals surface area contributed by atoms with Gasteiger partial charge in [-0.25, -0.2) is 4.79 Å². The normalized spacial score (nSPS) is 14.6. The van der Waals surface area contributed by atoms with E-state index >= 15 is 0 Å². The Morgan fingerprint density at radius 1 is 1.56 bits per heavy atom. The molecule has 1 aliphatic rings. The van der Waals surface area contributed by atoms with E-state index in [0.717, 1.165) is 18.5 Å². The van der Waals surface area contributed by atoms with E-state index in [9.17, 15) is 4.79 Å². The molecule has 1 aromatic carbocycles. The number of benzene rings is 1. The first-order chi connectivity index (χ1) is 7.70. The summed E-state index contributed by atoms with van der Waals surface area (Å²) in [6.45, 7) is 2.16.